The van der Waals surface area contributed by atoms with Crippen LogP contribution in [0.4, 0.5) is 11.4 Å². The first-order valence-electron chi connectivity index (χ1n) is 11.7. The average molecular weight is 508 g/mol. The largest absolute Gasteiger partial charge is 0.497 e. The molecule has 0 spiro atoms. The summed E-state index contributed by atoms with van der Waals surface area (Å²) in [5.41, 5.74) is 1.96. The first-order chi connectivity index (χ1) is 17.3. The molecular formula is C27H29N3O5S. The van der Waals surface area contributed by atoms with Crippen LogP contribution in [0.25, 0.3) is 0 Å². The minimum atomic E-state index is -4.06. The molecule has 3 aromatic carbocycles. The Labute approximate surface area is 211 Å². The van der Waals surface area contributed by atoms with E-state index in [1.165, 1.54) is 19.2 Å². The number of carbonyl (C=O) groups excluding carboxylic acids is 2. The summed E-state index contributed by atoms with van der Waals surface area (Å²) in [7, 11) is -2.54. The molecule has 1 aliphatic heterocycles. The lowest BCUT2D eigenvalue weighted by atomic mass is 10.1. The lowest BCUT2D eigenvalue weighted by Crippen LogP contribution is -2.38. The topological polar surface area (TPSA) is 96.0 Å². The molecule has 8 nitrogen and oxygen atoms in total. The number of nitrogens with zero attached hydrogens (tertiary/aromatic N) is 2. The molecule has 1 N–H and O–H groups in total. The third-order valence-corrected chi connectivity index (χ3v) is 7.87. The number of para-hydroxylation sites is 1. The zero-order valence-corrected chi connectivity index (χ0v) is 21.1. The van der Waals surface area contributed by atoms with E-state index in [9.17, 15) is 18.0 Å². The maximum atomic E-state index is 13.6. The molecule has 9 heteroatoms. The van der Waals surface area contributed by atoms with Gasteiger partial charge >= 0.3 is 0 Å². The summed E-state index contributed by atoms with van der Waals surface area (Å²) in [4.78, 5) is 28.0. The average Bonchev–Trinajstić information content (AvgIpc) is 3.43. The van der Waals surface area contributed by atoms with Crippen molar-refractivity contribution in [1.29, 1.82) is 0 Å². The van der Waals surface area contributed by atoms with Gasteiger partial charge in [0.05, 0.1) is 28.9 Å². The van der Waals surface area contributed by atoms with Crippen molar-refractivity contribution in [2.75, 3.05) is 36.4 Å². The standard InChI is InChI=1S/C27H29N3O5S/c1-20-9-15-23(16-10-20)36(33,34)30(21-11-13-22(35-2)14-12-21)19-26(31)28-25-8-4-3-7-24(25)27(32)29-17-5-6-18-29/h3-4,7-16H,5-6,17-19H2,1-2H3,(H,28,31). The smallest absolute Gasteiger partial charge is 0.264 e. The van der Waals surface area contributed by atoms with E-state index >= 15 is 0 Å². The summed E-state index contributed by atoms with van der Waals surface area (Å²) in [6.07, 6.45) is 1.90. The zero-order chi connectivity index (χ0) is 25.7. The highest BCUT2D eigenvalue weighted by atomic mass is 32.2. The molecule has 4 rings (SSSR count). The van der Waals surface area contributed by atoms with E-state index in [1.807, 2.05) is 6.92 Å². The number of anilines is 2. The van der Waals surface area contributed by atoms with Crippen LogP contribution in [0, 0.1) is 6.92 Å². The van der Waals surface area contributed by atoms with Gasteiger partial charge in [-0.05, 0) is 68.3 Å². The van der Waals surface area contributed by atoms with Crippen molar-refractivity contribution in [1.82, 2.24) is 4.90 Å². The molecule has 1 fully saturated rings. The van der Waals surface area contributed by atoms with Crippen molar-refractivity contribution < 1.29 is 22.7 Å². The van der Waals surface area contributed by atoms with E-state index in [0.717, 1.165) is 22.7 Å². The van der Waals surface area contributed by atoms with Crippen LogP contribution in [-0.2, 0) is 14.8 Å². The monoisotopic (exact) mass is 507 g/mol. The van der Waals surface area contributed by atoms with Crippen LogP contribution in [0.2, 0.25) is 0 Å². The first kappa shape index (κ1) is 25.2. The van der Waals surface area contributed by atoms with Crippen LogP contribution in [0.15, 0.2) is 77.7 Å². The number of hydrogen-bond acceptors (Lipinski definition) is 5. The van der Waals surface area contributed by atoms with Crippen molar-refractivity contribution in [3.63, 3.8) is 0 Å². The fraction of sp³-hybridized carbons (Fsp3) is 0.259. The minimum Gasteiger partial charge on any atom is -0.497 e. The second kappa shape index (κ2) is 10.8. The lowest BCUT2D eigenvalue weighted by molar-refractivity contribution is -0.114. The summed E-state index contributed by atoms with van der Waals surface area (Å²) in [5, 5.41) is 2.75. The van der Waals surface area contributed by atoms with E-state index in [1.54, 1.807) is 65.6 Å². The van der Waals surface area contributed by atoms with Crippen LogP contribution < -0.4 is 14.4 Å². The lowest BCUT2D eigenvalue weighted by Gasteiger charge is -2.25. The highest BCUT2D eigenvalue weighted by molar-refractivity contribution is 7.92. The molecule has 3 aromatic rings. The third-order valence-electron chi connectivity index (χ3n) is 6.08. The number of nitrogens with one attached hydrogen (secondary N) is 1. The summed E-state index contributed by atoms with van der Waals surface area (Å²) in [5.74, 6) is -0.156. The first-order valence-corrected chi connectivity index (χ1v) is 13.2. The molecular weight excluding hydrogens is 478 g/mol. The van der Waals surface area contributed by atoms with Gasteiger partial charge in [0.25, 0.3) is 15.9 Å². The predicted molar refractivity (Wildman–Crippen MR) is 139 cm³/mol. The van der Waals surface area contributed by atoms with Crippen LogP contribution in [0.5, 0.6) is 5.75 Å². The fourth-order valence-corrected chi connectivity index (χ4v) is 5.51. The van der Waals surface area contributed by atoms with Crippen LogP contribution in [0.1, 0.15) is 28.8 Å². The Balaban J connectivity index is 1.62. The third kappa shape index (κ3) is 5.52. The van der Waals surface area contributed by atoms with Gasteiger partial charge in [0, 0.05) is 13.1 Å². The molecule has 0 unspecified atom stereocenters. The Kier molecular flexibility index (Phi) is 7.59. The maximum Gasteiger partial charge on any atom is 0.264 e. The summed E-state index contributed by atoms with van der Waals surface area (Å²) >= 11 is 0. The molecule has 1 saturated heterocycles. The number of benzene rings is 3. The Bertz CT molecular complexity index is 1330. The van der Waals surface area contributed by atoms with Crippen molar-refractivity contribution in [3.05, 3.63) is 83.9 Å². The predicted octanol–water partition coefficient (Wildman–Crippen LogP) is 4.07. The van der Waals surface area contributed by atoms with Gasteiger partial charge in [-0.15, -0.1) is 0 Å². The van der Waals surface area contributed by atoms with Gasteiger partial charge in [-0.1, -0.05) is 29.8 Å². The molecule has 0 saturated carbocycles. The molecule has 36 heavy (non-hydrogen) atoms. The second-order valence-electron chi connectivity index (χ2n) is 8.62. The van der Waals surface area contributed by atoms with Gasteiger partial charge in [-0.25, -0.2) is 8.42 Å². The van der Waals surface area contributed by atoms with E-state index in [2.05, 4.69) is 5.32 Å². The number of ether oxygens (including phenoxy) is 1. The number of hydrogen-bond donors (Lipinski definition) is 1. The fourth-order valence-electron chi connectivity index (χ4n) is 4.09. The van der Waals surface area contributed by atoms with Crippen molar-refractivity contribution in [3.8, 4) is 5.75 Å². The normalized spacial score (nSPS) is 13.3. The van der Waals surface area contributed by atoms with Crippen LogP contribution >= 0.6 is 0 Å². The number of likely N-dealkylation sites (tertiary alicyclic amines) is 1. The van der Waals surface area contributed by atoms with Crippen molar-refractivity contribution in [2.24, 2.45) is 0 Å². The van der Waals surface area contributed by atoms with Gasteiger partial charge in [0.15, 0.2) is 0 Å². The second-order valence-corrected chi connectivity index (χ2v) is 10.5. The van der Waals surface area contributed by atoms with Gasteiger partial charge in [-0.2, -0.15) is 0 Å². The summed E-state index contributed by atoms with van der Waals surface area (Å²) < 4.78 is 33.4. The van der Waals surface area contributed by atoms with E-state index < -0.39 is 22.5 Å². The molecule has 188 valence electrons. The molecule has 0 atom stereocenters. The van der Waals surface area contributed by atoms with E-state index in [4.69, 9.17) is 4.74 Å². The Morgan fingerprint density at radius 3 is 2.22 bits per heavy atom. The van der Waals surface area contributed by atoms with Crippen LogP contribution in [-0.4, -0.2) is 51.9 Å². The molecule has 0 aromatic heterocycles. The molecule has 0 bridgehead atoms. The quantitative estimate of drug-likeness (QED) is 0.496. The molecule has 0 radical (unpaired) electrons. The van der Waals surface area contributed by atoms with Gasteiger partial charge < -0.3 is 15.0 Å². The van der Waals surface area contributed by atoms with E-state index in [-0.39, 0.29) is 10.8 Å². The summed E-state index contributed by atoms with van der Waals surface area (Å²) in [6, 6.07) is 19.7. The van der Waals surface area contributed by atoms with Crippen LogP contribution in [0.3, 0.4) is 0 Å². The number of sulfonamides is 1. The number of methoxy groups -OCH3 is 1. The number of amides is 2. The highest BCUT2D eigenvalue weighted by Gasteiger charge is 2.28. The van der Waals surface area contributed by atoms with E-state index in [0.29, 0.717) is 35.8 Å². The number of aryl methyl sites for hydroxylation is 1. The molecule has 2 amide bonds. The van der Waals surface area contributed by atoms with Gasteiger partial charge in [0.2, 0.25) is 5.91 Å². The molecule has 0 aliphatic carbocycles. The minimum absolute atomic E-state index is 0.0707. The van der Waals surface area contributed by atoms with Gasteiger partial charge in [-0.3, -0.25) is 13.9 Å². The number of carbonyl (C=O) groups is 2. The molecule has 1 aliphatic rings. The summed E-state index contributed by atoms with van der Waals surface area (Å²) in [6.45, 7) is 2.75. The number of rotatable bonds is 8. The molecule has 1 heterocycles. The Morgan fingerprint density at radius 1 is 0.944 bits per heavy atom. The van der Waals surface area contributed by atoms with Gasteiger partial charge in [0.1, 0.15) is 12.3 Å². The Morgan fingerprint density at radius 2 is 1.58 bits per heavy atom. The SMILES string of the molecule is COc1ccc(N(CC(=O)Nc2ccccc2C(=O)N2CCCC2)S(=O)(=O)c2ccc(C)cc2)cc1. The zero-order valence-electron chi connectivity index (χ0n) is 20.3. The van der Waals surface area contributed by atoms with Crippen molar-refractivity contribution >= 4 is 33.2 Å². The Hall–Kier alpha value is -3.85. The maximum absolute atomic E-state index is 13.6. The van der Waals surface area contributed by atoms with Crippen molar-refractivity contribution in [2.45, 2.75) is 24.7 Å². The highest BCUT2D eigenvalue weighted by Crippen LogP contribution is 2.27.